The summed E-state index contributed by atoms with van der Waals surface area (Å²) in [5.41, 5.74) is 0. The summed E-state index contributed by atoms with van der Waals surface area (Å²) in [5, 5.41) is 2.35. The Morgan fingerprint density at radius 1 is 0.941 bits per heavy atom. The van der Waals surface area contributed by atoms with Gasteiger partial charge in [0.1, 0.15) is 6.54 Å². The summed E-state index contributed by atoms with van der Waals surface area (Å²) in [5.74, 6) is -0.423. The van der Waals surface area contributed by atoms with E-state index in [2.05, 4.69) is 12.2 Å². The fourth-order valence-corrected chi connectivity index (χ4v) is 1.09. The van der Waals surface area contributed by atoms with Crippen molar-refractivity contribution in [2.45, 2.75) is 46.0 Å². The van der Waals surface area contributed by atoms with Crippen LogP contribution in [0.1, 0.15) is 46.0 Å². The number of alkyl carbamates (subject to hydrolysis) is 1. The minimum absolute atomic E-state index is 0.128. The molecule has 100 valence electrons. The first-order chi connectivity index (χ1) is 8.20. The summed E-state index contributed by atoms with van der Waals surface area (Å²) < 4.78 is 9.73. The van der Waals surface area contributed by atoms with Gasteiger partial charge in [-0.2, -0.15) is 0 Å². The van der Waals surface area contributed by atoms with Gasteiger partial charge in [-0.3, -0.25) is 4.79 Å². The van der Waals surface area contributed by atoms with Crippen LogP contribution in [0.3, 0.4) is 0 Å². The summed E-state index contributed by atoms with van der Waals surface area (Å²) in [4.78, 5) is 22.2. The Labute approximate surface area is 103 Å². The highest BCUT2D eigenvalue weighted by Gasteiger charge is 2.06. The second-order valence-electron chi connectivity index (χ2n) is 3.77. The summed E-state index contributed by atoms with van der Waals surface area (Å²) in [6, 6.07) is 0. The zero-order chi connectivity index (χ0) is 12.9. The van der Waals surface area contributed by atoms with E-state index in [1.165, 1.54) is 0 Å². The van der Waals surface area contributed by atoms with Crippen molar-refractivity contribution in [2.24, 2.45) is 0 Å². The van der Waals surface area contributed by atoms with Crippen molar-refractivity contribution in [1.82, 2.24) is 5.32 Å². The van der Waals surface area contributed by atoms with Gasteiger partial charge in [-0.05, 0) is 12.8 Å². The third-order valence-corrected chi connectivity index (χ3v) is 2.12. The van der Waals surface area contributed by atoms with E-state index in [-0.39, 0.29) is 6.54 Å². The highest BCUT2D eigenvalue weighted by molar-refractivity contribution is 5.77. The molecule has 0 bridgehead atoms. The number of nitrogens with one attached hydrogen (secondary N) is 1. The molecule has 0 aromatic heterocycles. The predicted octanol–water partition coefficient (Wildman–Crippen LogP) is 2.25. The average molecular weight is 245 g/mol. The molecule has 0 aliphatic heterocycles. The maximum absolute atomic E-state index is 11.1. The second-order valence-corrected chi connectivity index (χ2v) is 3.77. The van der Waals surface area contributed by atoms with E-state index >= 15 is 0 Å². The molecule has 1 N–H and O–H groups in total. The molecule has 0 rings (SSSR count). The Morgan fingerprint density at radius 2 is 1.59 bits per heavy atom. The van der Waals surface area contributed by atoms with E-state index in [1.54, 1.807) is 0 Å². The topological polar surface area (TPSA) is 64.6 Å². The Hall–Kier alpha value is -1.26. The molecule has 0 unspecified atom stereocenters. The van der Waals surface area contributed by atoms with Crippen LogP contribution in [-0.4, -0.2) is 31.8 Å². The lowest BCUT2D eigenvalue weighted by Crippen LogP contribution is -2.31. The Morgan fingerprint density at radius 3 is 2.24 bits per heavy atom. The molecule has 0 saturated carbocycles. The number of carbonyl (C=O) groups excluding carboxylic acids is 2. The summed E-state index contributed by atoms with van der Waals surface area (Å²) in [6.45, 7) is 4.76. The lowest BCUT2D eigenvalue weighted by atomic mass is 10.3. The third kappa shape index (κ3) is 11.0. The van der Waals surface area contributed by atoms with Crippen LogP contribution >= 0.6 is 0 Å². The SMILES string of the molecule is CCCCCOC(=O)CNC(=O)OCCCC. The van der Waals surface area contributed by atoms with Crippen molar-refractivity contribution in [1.29, 1.82) is 0 Å². The Bertz CT molecular complexity index is 219. The molecule has 17 heavy (non-hydrogen) atoms. The molecule has 1 amide bonds. The van der Waals surface area contributed by atoms with Crippen LogP contribution in [0.15, 0.2) is 0 Å². The monoisotopic (exact) mass is 245 g/mol. The molecule has 0 aliphatic carbocycles. The van der Waals surface area contributed by atoms with Gasteiger partial charge in [0, 0.05) is 0 Å². The Kier molecular flexibility index (Phi) is 10.4. The van der Waals surface area contributed by atoms with E-state index in [1.807, 2.05) is 6.92 Å². The quantitative estimate of drug-likeness (QED) is 0.500. The van der Waals surface area contributed by atoms with E-state index < -0.39 is 12.1 Å². The number of ether oxygens (including phenoxy) is 2. The van der Waals surface area contributed by atoms with Gasteiger partial charge in [-0.25, -0.2) is 4.79 Å². The second kappa shape index (κ2) is 11.2. The van der Waals surface area contributed by atoms with Gasteiger partial charge in [-0.1, -0.05) is 33.1 Å². The van der Waals surface area contributed by atoms with Gasteiger partial charge in [0.2, 0.25) is 0 Å². The fraction of sp³-hybridized carbons (Fsp3) is 0.833. The molecule has 0 aromatic rings. The highest BCUT2D eigenvalue weighted by atomic mass is 16.6. The molecular formula is C12H23NO4. The largest absolute Gasteiger partial charge is 0.464 e. The zero-order valence-corrected chi connectivity index (χ0v) is 10.8. The number of hydrogen-bond donors (Lipinski definition) is 1. The highest BCUT2D eigenvalue weighted by Crippen LogP contribution is 1.94. The summed E-state index contributed by atoms with van der Waals surface area (Å²) in [6.07, 6.45) is 4.22. The molecule has 0 spiro atoms. The smallest absolute Gasteiger partial charge is 0.407 e. The van der Waals surface area contributed by atoms with Crippen LogP contribution in [0.5, 0.6) is 0 Å². The fourth-order valence-electron chi connectivity index (χ4n) is 1.09. The minimum Gasteiger partial charge on any atom is -0.464 e. The summed E-state index contributed by atoms with van der Waals surface area (Å²) >= 11 is 0. The van der Waals surface area contributed by atoms with Gasteiger partial charge in [-0.15, -0.1) is 0 Å². The van der Waals surface area contributed by atoms with Crippen LogP contribution < -0.4 is 5.32 Å². The van der Waals surface area contributed by atoms with E-state index in [4.69, 9.17) is 9.47 Å². The molecule has 5 nitrogen and oxygen atoms in total. The number of amides is 1. The zero-order valence-electron chi connectivity index (χ0n) is 10.8. The Balaban J connectivity index is 3.39. The van der Waals surface area contributed by atoms with Crippen LogP contribution in [-0.2, 0) is 14.3 Å². The maximum atomic E-state index is 11.1. The number of carbonyl (C=O) groups is 2. The molecule has 0 atom stereocenters. The predicted molar refractivity (Wildman–Crippen MR) is 64.7 cm³/mol. The van der Waals surface area contributed by atoms with Crippen molar-refractivity contribution >= 4 is 12.1 Å². The number of rotatable bonds is 9. The van der Waals surface area contributed by atoms with E-state index in [0.717, 1.165) is 32.1 Å². The third-order valence-electron chi connectivity index (χ3n) is 2.12. The maximum Gasteiger partial charge on any atom is 0.407 e. The molecule has 0 aliphatic rings. The van der Waals surface area contributed by atoms with Crippen molar-refractivity contribution in [3.63, 3.8) is 0 Å². The van der Waals surface area contributed by atoms with Crippen molar-refractivity contribution < 1.29 is 19.1 Å². The first kappa shape index (κ1) is 15.7. The lowest BCUT2D eigenvalue weighted by molar-refractivity contribution is -0.142. The lowest BCUT2D eigenvalue weighted by Gasteiger charge is -2.06. The first-order valence-electron chi connectivity index (χ1n) is 6.27. The molecule has 5 heteroatoms. The standard InChI is InChI=1S/C12H23NO4/c1-3-5-7-9-16-11(14)10-13-12(15)17-8-6-4-2/h3-10H2,1-2H3,(H,13,15). The van der Waals surface area contributed by atoms with Crippen molar-refractivity contribution in [3.05, 3.63) is 0 Å². The van der Waals surface area contributed by atoms with Gasteiger partial charge in [0.15, 0.2) is 0 Å². The number of esters is 1. The normalized spacial score (nSPS) is 9.76. The van der Waals surface area contributed by atoms with Gasteiger partial charge in [0.05, 0.1) is 13.2 Å². The first-order valence-corrected chi connectivity index (χ1v) is 6.27. The van der Waals surface area contributed by atoms with Crippen molar-refractivity contribution in [2.75, 3.05) is 19.8 Å². The summed E-state index contributed by atoms with van der Waals surface area (Å²) in [7, 11) is 0. The van der Waals surface area contributed by atoms with Crippen LogP contribution in [0.4, 0.5) is 4.79 Å². The molecule has 0 saturated heterocycles. The van der Waals surface area contributed by atoms with Crippen LogP contribution in [0.2, 0.25) is 0 Å². The van der Waals surface area contributed by atoms with Gasteiger partial charge < -0.3 is 14.8 Å². The van der Waals surface area contributed by atoms with Gasteiger partial charge >= 0.3 is 12.1 Å². The number of hydrogen-bond acceptors (Lipinski definition) is 4. The molecule has 0 fully saturated rings. The molecule has 0 heterocycles. The van der Waals surface area contributed by atoms with Gasteiger partial charge in [0.25, 0.3) is 0 Å². The van der Waals surface area contributed by atoms with Crippen LogP contribution in [0.25, 0.3) is 0 Å². The number of unbranched alkanes of at least 4 members (excludes halogenated alkanes) is 3. The minimum atomic E-state index is -0.566. The van der Waals surface area contributed by atoms with E-state index in [0.29, 0.717) is 13.2 Å². The van der Waals surface area contributed by atoms with Crippen molar-refractivity contribution in [3.8, 4) is 0 Å². The molecule has 0 aromatic carbocycles. The molecular weight excluding hydrogens is 222 g/mol. The molecule has 0 radical (unpaired) electrons. The van der Waals surface area contributed by atoms with Crippen LogP contribution in [0, 0.1) is 0 Å². The average Bonchev–Trinajstić information content (AvgIpc) is 2.32. The van der Waals surface area contributed by atoms with E-state index in [9.17, 15) is 9.59 Å².